The van der Waals surface area contributed by atoms with Gasteiger partial charge < -0.3 is 10.0 Å². The van der Waals surface area contributed by atoms with E-state index in [0.717, 1.165) is 11.8 Å². The smallest absolute Gasteiger partial charge is 0.115 e. The molecule has 23 heavy (non-hydrogen) atoms. The summed E-state index contributed by atoms with van der Waals surface area (Å²) in [6, 6.07) is 18.7. The Morgan fingerprint density at radius 3 is 2.48 bits per heavy atom. The predicted molar refractivity (Wildman–Crippen MR) is 93.6 cm³/mol. The topological polar surface area (TPSA) is 23.5 Å². The molecule has 1 aliphatic carbocycles. The summed E-state index contributed by atoms with van der Waals surface area (Å²) in [5.41, 5.74) is 3.05. The summed E-state index contributed by atoms with van der Waals surface area (Å²) in [6.07, 6.45) is 2.42. The Hall–Kier alpha value is -1.80. The summed E-state index contributed by atoms with van der Waals surface area (Å²) in [5, 5.41) is 9.73. The van der Waals surface area contributed by atoms with Gasteiger partial charge in [0.15, 0.2) is 0 Å². The number of likely N-dealkylation sites (tertiary alicyclic amines) is 1. The van der Waals surface area contributed by atoms with Gasteiger partial charge in [-0.3, -0.25) is 0 Å². The van der Waals surface area contributed by atoms with Crippen LogP contribution in [0.15, 0.2) is 54.6 Å². The van der Waals surface area contributed by atoms with Gasteiger partial charge in [0, 0.05) is 18.5 Å². The maximum atomic E-state index is 9.73. The van der Waals surface area contributed by atoms with Crippen molar-refractivity contribution >= 4 is 0 Å². The van der Waals surface area contributed by atoms with E-state index in [4.69, 9.17) is 0 Å². The van der Waals surface area contributed by atoms with E-state index >= 15 is 0 Å². The Balaban J connectivity index is 1.30. The fourth-order valence-electron chi connectivity index (χ4n) is 4.57. The molecule has 4 rings (SSSR count). The van der Waals surface area contributed by atoms with Crippen molar-refractivity contribution in [2.75, 3.05) is 19.6 Å². The van der Waals surface area contributed by atoms with Crippen molar-refractivity contribution < 1.29 is 5.11 Å². The first-order valence-electron chi connectivity index (χ1n) is 8.74. The van der Waals surface area contributed by atoms with Crippen LogP contribution in [0.25, 0.3) is 0 Å². The van der Waals surface area contributed by atoms with Crippen molar-refractivity contribution in [3.05, 3.63) is 65.7 Å². The van der Waals surface area contributed by atoms with E-state index in [1.54, 1.807) is 6.07 Å². The summed E-state index contributed by atoms with van der Waals surface area (Å²) in [5.74, 6) is 1.93. The normalized spacial score (nSPS) is 29.4. The Morgan fingerprint density at radius 2 is 1.78 bits per heavy atom. The van der Waals surface area contributed by atoms with E-state index in [2.05, 4.69) is 48.2 Å². The Kier molecular flexibility index (Phi) is 3.65. The molecular weight excluding hydrogens is 282 g/mol. The molecule has 1 saturated heterocycles. The highest BCUT2D eigenvalue weighted by atomic mass is 16.3. The quantitative estimate of drug-likeness (QED) is 0.907. The highest BCUT2D eigenvalue weighted by molar-refractivity contribution is 5.41. The van der Waals surface area contributed by atoms with Gasteiger partial charge in [-0.05, 0) is 54.5 Å². The number of aromatic hydroxyl groups is 1. The molecule has 0 spiro atoms. The molecule has 120 valence electrons. The molecule has 0 bridgehead atoms. The minimum atomic E-state index is 0.286. The maximum Gasteiger partial charge on any atom is 0.115 e. The lowest BCUT2D eigenvalue weighted by molar-refractivity contribution is 0.274. The first-order chi connectivity index (χ1) is 11.2. The van der Waals surface area contributed by atoms with Gasteiger partial charge in [-0.25, -0.2) is 0 Å². The van der Waals surface area contributed by atoms with E-state index in [0.29, 0.717) is 5.75 Å². The third kappa shape index (κ3) is 2.66. The van der Waals surface area contributed by atoms with Crippen LogP contribution < -0.4 is 0 Å². The summed E-state index contributed by atoms with van der Waals surface area (Å²) < 4.78 is 0. The average molecular weight is 307 g/mol. The van der Waals surface area contributed by atoms with Crippen molar-refractivity contribution in [2.24, 2.45) is 11.8 Å². The number of hydrogen-bond acceptors (Lipinski definition) is 2. The lowest BCUT2D eigenvalue weighted by atomic mass is 9.92. The molecule has 1 N–H and O–H groups in total. The van der Waals surface area contributed by atoms with Crippen LogP contribution >= 0.6 is 0 Å². The molecule has 2 atom stereocenters. The van der Waals surface area contributed by atoms with E-state index in [1.807, 2.05) is 12.1 Å². The Labute approximate surface area is 138 Å². The van der Waals surface area contributed by atoms with Gasteiger partial charge in [0.25, 0.3) is 0 Å². The molecule has 1 aliphatic heterocycles. The highest BCUT2D eigenvalue weighted by Gasteiger charge is 2.65. The summed E-state index contributed by atoms with van der Waals surface area (Å²) in [6.45, 7) is 6.01. The van der Waals surface area contributed by atoms with Crippen LogP contribution in [0.5, 0.6) is 5.75 Å². The highest BCUT2D eigenvalue weighted by Crippen LogP contribution is 2.63. The molecule has 2 nitrogen and oxygen atoms in total. The largest absolute Gasteiger partial charge is 0.508 e. The van der Waals surface area contributed by atoms with E-state index < -0.39 is 0 Å². The number of fused-ring (bicyclic) bond motifs is 1. The molecule has 2 aliphatic rings. The van der Waals surface area contributed by atoms with Crippen LogP contribution in [0.1, 0.15) is 24.5 Å². The third-order valence-corrected chi connectivity index (χ3v) is 6.08. The first kappa shape index (κ1) is 14.8. The van der Waals surface area contributed by atoms with Gasteiger partial charge in [0.2, 0.25) is 0 Å². The van der Waals surface area contributed by atoms with Crippen LogP contribution in [0.2, 0.25) is 0 Å². The molecule has 2 aromatic rings. The number of benzene rings is 2. The number of phenols is 1. The van der Waals surface area contributed by atoms with E-state index in [1.165, 1.54) is 43.6 Å². The fraction of sp³-hybridized carbons (Fsp3) is 0.429. The van der Waals surface area contributed by atoms with Gasteiger partial charge in [-0.2, -0.15) is 0 Å². The molecule has 0 amide bonds. The zero-order valence-corrected chi connectivity index (χ0v) is 13.8. The van der Waals surface area contributed by atoms with Crippen molar-refractivity contribution in [3.8, 4) is 5.75 Å². The van der Waals surface area contributed by atoms with E-state index in [9.17, 15) is 5.11 Å². The zero-order valence-electron chi connectivity index (χ0n) is 13.8. The monoisotopic (exact) mass is 307 g/mol. The van der Waals surface area contributed by atoms with Gasteiger partial charge in [-0.15, -0.1) is 0 Å². The summed E-state index contributed by atoms with van der Waals surface area (Å²) in [7, 11) is 0. The maximum absolute atomic E-state index is 9.73. The van der Waals surface area contributed by atoms with Crippen molar-refractivity contribution in [2.45, 2.75) is 25.2 Å². The van der Waals surface area contributed by atoms with Crippen LogP contribution in [-0.4, -0.2) is 29.6 Å². The fourth-order valence-corrected chi connectivity index (χ4v) is 4.57. The second kappa shape index (κ2) is 5.68. The molecule has 2 fully saturated rings. The van der Waals surface area contributed by atoms with Crippen LogP contribution in [0.3, 0.4) is 0 Å². The number of piperidine rings is 1. The van der Waals surface area contributed by atoms with Gasteiger partial charge in [0.05, 0.1) is 0 Å². The number of phenolic OH excluding ortho intramolecular Hbond substituents is 1. The first-order valence-corrected chi connectivity index (χ1v) is 8.74. The Bertz CT molecular complexity index is 669. The summed E-state index contributed by atoms with van der Waals surface area (Å²) >= 11 is 0. The average Bonchev–Trinajstić information content (AvgIpc) is 2.93. The van der Waals surface area contributed by atoms with Crippen molar-refractivity contribution in [3.63, 3.8) is 0 Å². The molecule has 0 radical (unpaired) electrons. The lowest BCUT2D eigenvalue weighted by Gasteiger charge is -2.24. The molecule has 1 saturated carbocycles. The van der Waals surface area contributed by atoms with Crippen LogP contribution in [0.4, 0.5) is 0 Å². The predicted octanol–water partition coefficient (Wildman–Crippen LogP) is 3.84. The molecular formula is C21H25NO. The molecule has 2 aromatic carbocycles. The van der Waals surface area contributed by atoms with Gasteiger partial charge in [-0.1, -0.05) is 49.4 Å². The number of nitrogens with zero attached hydrogens (tertiary/aromatic N) is 1. The van der Waals surface area contributed by atoms with Crippen LogP contribution in [-0.2, 0) is 11.8 Å². The number of rotatable bonds is 5. The standard InChI is InChI=1S/C21H25NO/c1-21(17-10-5-11-18(23)13-17)19-14-22(15-20(19)21)12-6-9-16-7-3-2-4-8-16/h2-5,7-8,10-11,13,19-20,23H,6,9,12,14-15H2,1H3. The Morgan fingerprint density at radius 1 is 1.04 bits per heavy atom. The second-order valence-corrected chi connectivity index (χ2v) is 7.39. The molecule has 0 aromatic heterocycles. The minimum absolute atomic E-state index is 0.286. The van der Waals surface area contributed by atoms with E-state index in [-0.39, 0.29) is 5.41 Å². The molecule has 2 unspecified atom stereocenters. The van der Waals surface area contributed by atoms with Crippen molar-refractivity contribution in [1.82, 2.24) is 4.90 Å². The second-order valence-electron chi connectivity index (χ2n) is 7.39. The lowest BCUT2D eigenvalue weighted by Crippen LogP contribution is -2.30. The van der Waals surface area contributed by atoms with Crippen LogP contribution in [0, 0.1) is 11.8 Å². The zero-order chi connectivity index (χ0) is 15.9. The van der Waals surface area contributed by atoms with Gasteiger partial charge >= 0.3 is 0 Å². The summed E-state index contributed by atoms with van der Waals surface area (Å²) in [4.78, 5) is 2.63. The van der Waals surface area contributed by atoms with Gasteiger partial charge in [0.1, 0.15) is 5.75 Å². The SMILES string of the molecule is CC1(c2cccc(O)c2)C2CN(CCCc3ccccc3)CC21. The van der Waals surface area contributed by atoms with Crippen molar-refractivity contribution in [1.29, 1.82) is 0 Å². The molecule has 2 heteroatoms. The minimum Gasteiger partial charge on any atom is -0.508 e. The number of hydrogen-bond donors (Lipinski definition) is 1. The third-order valence-electron chi connectivity index (χ3n) is 6.08. The molecule has 1 heterocycles. The number of aryl methyl sites for hydroxylation is 1.